The molecule has 0 radical (unpaired) electrons. The maximum Gasteiger partial charge on any atom is 0.0705 e. The van der Waals surface area contributed by atoms with Gasteiger partial charge >= 0.3 is 0 Å². The average molecular weight is 281 g/mol. The van der Waals surface area contributed by atoms with E-state index in [9.17, 15) is 5.11 Å². The Morgan fingerprint density at radius 1 is 1.32 bits per heavy atom. The molecule has 1 aromatic carbocycles. The first kappa shape index (κ1) is 14.4. The van der Waals surface area contributed by atoms with Crippen LogP contribution in [-0.2, 0) is 6.54 Å². The minimum atomic E-state index is -0.303. The lowest BCUT2D eigenvalue weighted by Gasteiger charge is -2.13. The molecule has 19 heavy (non-hydrogen) atoms. The van der Waals surface area contributed by atoms with Gasteiger partial charge in [0, 0.05) is 29.7 Å². The highest BCUT2D eigenvalue weighted by Gasteiger charge is 2.10. The van der Waals surface area contributed by atoms with E-state index in [2.05, 4.69) is 24.1 Å². The Balaban J connectivity index is 1.93. The molecule has 0 spiro atoms. The first-order valence-corrected chi connectivity index (χ1v) is 7.09. The molecule has 0 aliphatic carbocycles. The zero-order valence-corrected chi connectivity index (χ0v) is 12.2. The monoisotopic (exact) mass is 280 g/mol. The molecule has 0 saturated carbocycles. The van der Waals surface area contributed by atoms with Crippen molar-refractivity contribution in [3.63, 3.8) is 0 Å². The van der Waals surface area contributed by atoms with Crippen molar-refractivity contribution in [3.05, 3.63) is 35.0 Å². The zero-order valence-electron chi connectivity index (χ0n) is 11.4. The van der Waals surface area contributed by atoms with Crippen molar-refractivity contribution >= 4 is 22.5 Å². The van der Waals surface area contributed by atoms with E-state index in [1.807, 2.05) is 24.3 Å². The number of halogens is 1. The normalized spacial score (nSPS) is 13.3. The van der Waals surface area contributed by atoms with Crippen LogP contribution in [0.25, 0.3) is 10.9 Å². The molecule has 1 unspecified atom stereocenters. The van der Waals surface area contributed by atoms with E-state index in [-0.39, 0.29) is 6.10 Å². The molecule has 0 saturated heterocycles. The first-order valence-electron chi connectivity index (χ1n) is 6.71. The third-order valence-corrected chi connectivity index (χ3v) is 3.57. The minimum absolute atomic E-state index is 0.303. The van der Waals surface area contributed by atoms with Crippen LogP contribution in [0.15, 0.2) is 24.3 Å². The number of para-hydroxylation sites is 1. The molecule has 4 heteroatoms. The maximum absolute atomic E-state index is 9.80. The summed E-state index contributed by atoms with van der Waals surface area (Å²) in [5.74, 6) is 0.508. The molecule has 0 aliphatic rings. The SMILES string of the molecule is CC(C)CC(O)CNCc1[nH]c2ccccc2c1Cl. The largest absolute Gasteiger partial charge is 0.392 e. The summed E-state index contributed by atoms with van der Waals surface area (Å²) < 4.78 is 0. The molecular weight excluding hydrogens is 260 g/mol. The Hall–Kier alpha value is -1.03. The number of aromatic nitrogens is 1. The number of H-pyrrole nitrogens is 1. The van der Waals surface area contributed by atoms with Crippen LogP contribution in [0.3, 0.4) is 0 Å². The van der Waals surface area contributed by atoms with Crippen LogP contribution < -0.4 is 5.32 Å². The van der Waals surface area contributed by atoms with Crippen LogP contribution >= 0.6 is 11.6 Å². The van der Waals surface area contributed by atoms with Crippen molar-refractivity contribution in [2.24, 2.45) is 5.92 Å². The van der Waals surface area contributed by atoms with Crippen molar-refractivity contribution in [3.8, 4) is 0 Å². The van der Waals surface area contributed by atoms with E-state index >= 15 is 0 Å². The van der Waals surface area contributed by atoms with E-state index in [0.717, 1.165) is 28.0 Å². The number of nitrogens with one attached hydrogen (secondary N) is 2. The van der Waals surface area contributed by atoms with Crippen LogP contribution in [-0.4, -0.2) is 22.7 Å². The fraction of sp³-hybridized carbons (Fsp3) is 0.467. The number of aliphatic hydroxyl groups is 1. The summed E-state index contributed by atoms with van der Waals surface area (Å²) in [7, 11) is 0. The molecule has 1 aromatic heterocycles. The summed E-state index contributed by atoms with van der Waals surface area (Å²) in [6.45, 7) is 5.45. The van der Waals surface area contributed by atoms with E-state index in [4.69, 9.17) is 11.6 Å². The Kier molecular flexibility index (Phi) is 4.86. The van der Waals surface area contributed by atoms with E-state index in [1.165, 1.54) is 0 Å². The molecule has 104 valence electrons. The number of rotatable bonds is 6. The Morgan fingerprint density at radius 3 is 2.74 bits per heavy atom. The van der Waals surface area contributed by atoms with Gasteiger partial charge in [0.1, 0.15) is 0 Å². The molecule has 2 aromatic rings. The van der Waals surface area contributed by atoms with Gasteiger partial charge in [-0.1, -0.05) is 43.6 Å². The van der Waals surface area contributed by atoms with Crippen molar-refractivity contribution in [2.45, 2.75) is 32.9 Å². The lowest BCUT2D eigenvalue weighted by atomic mass is 10.1. The quantitative estimate of drug-likeness (QED) is 0.760. The number of aromatic amines is 1. The molecule has 3 N–H and O–H groups in total. The smallest absolute Gasteiger partial charge is 0.0705 e. The van der Waals surface area contributed by atoms with Gasteiger partial charge in [0.25, 0.3) is 0 Å². The van der Waals surface area contributed by atoms with Gasteiger partial charge < -0.3 is 15.4 Å². The Bertz CT molecular complexity index is 536. The van der Waals surface area contributed by atoms with Crippen LogP contribution in [0.1, 0.15) is 26.0 Å². The summed E-state index contributed by atoms with van der Waals surface area (Å²) in [6, 6.07) is 7.98. The summed E-state index contributed by atoms with van der Waals surface area (Å²) in [6.07, 6.45) is 0.510. The number of benzene rings is 1. The van der Waals surface area contributed by atoms with Gasteiger partial charge in [-0.2, -0.15) is 0 Å². The third-order valence-electron chi connectivity index (χ3n) is 3.14. The zero-order chi connectivity index (χ0) is 13.8. The van der Waals surface area contributed by atoms with Gasteiger partial charge in [-0.15, -0.1) is 0 Å². The van der Waals surface area contributed by atoms with Crippen LogP contribution in [0, 0.1) is 5.92 Å². The first-order chi connectivity index (χ1) is 9.08. The second-order valence-corrected chi connectivity index (χ2v) is 5.76. The fourth-order valence-corrected chi connectivity index (χ4v) is 2.56. The average Bonchev–Trinajstić information content (AvgIpc) is 2.66. The molecule has 0 fully saturated rings. The van der Waals surface area contributed by atoms with Crippen molar-refractivity contribution < 1.29 is 5.11 Å². The molecular formula is C15H21ClN2O. The van der Waals surface area contributed by atoms with E-state index in [1.54, 1.807) is 0 Å². The van der Waals surface area contributed by atoms with Crippen LogP contribution in [0.2, 0.25) is 5.02 Å². The summed E-state index contributed by atoms with van der Waals surface area (Å²) in [5, 5.41) is 14.9. The number of aliphatic hydroxyl groups excluding tert-OH is 1. The Labute approximate surface area is 119 Å². The number of hydrogen-bond donors (Lipinski definition) is 3. The predicted octanol–water partition coefficient (Wildman–Crippen LogP) is 3.32. The number of fused-ring (bicyclic) bond motifs is 1. The second kappa shape index (κ2) is 6.42. The van der Waals surface area contributed by atoms with Gasteiger partial charge in [-0.05, 0) is 18.4 Å². The molecule has 0 bridgehead atoms. The molecule has 3 nitrogen and oxygen atoms in total. The number of hydrogen-bond acceptors (Lipinski definition) is 2. The fourth-order valence-electron chi connectivity index (χ4n) is 2.28. The third kappa shape index (κ3) is 3.72. The maximum atomic E-state index is 9.80. The molecule has 2 rings (SSSR count). The van der Waals surface area contributed by atoms with Gasteiger partial charge in [-0.3, -0.25) is 0 Å². The lowest BCUT2D eigenvalue weighted by molar-refractivity contribution is 0.146. The molecule has 0 aliphatic heterocycles. The van der Waals surface area contributed by atoms with Crippen molar-refractivity contribution in [1.29, 1.82) is 0 Å². The second-order valence-electron chi connectivity index (χ2n) is 5.38. The summed E-state index contributed by atoms with van der Waals surface area (Å²) >= 11 is 6.32. The van der Waals surface area contributed by atoms with Crippen LogP contribution in [0.4, 0.5) is 0 Å². The van der Waals surface area contributed by atoms with E-state index < -0.39 is 0 Å². The van der Waals surface area contributed by atoms with Crippen molar-refractivity contribution in [1.82, 2.24) is 10.3 Å². The van der Waals surface area contributed by atoms with Gasteiger partial charge in [-0.25, -0.2) is 0 Å². The molecule has 1 atom stereocenters. The Morgan fingerprint density at radius 2 is 2.05 bits per heavy atom. The highest BCUT2D eigenvalue weighted by atomic mass is 35.5. The van der Waals surface area contributed by atoms with Gasteiger partial charge in [0.2, 0.25) is 0 Å². The van der Waals surface area contributed by atoms with Gasteiger partial charge in [0.15, 0.2) is 0 Å². The minimum Gasteiger partial charge on any atom is -0.392 e. The standard InChI is InChI=1S/C15H21ClN2O/c1-10(2)7-11(19)8-17-9-14-15(16)12-5-3-4-6-13(12)18-14/h3-6,10-11,17-19H,7-9H2,1-2H3. The molecule has 1 heterocycles. The molecule has 0 amide bonds. The van der Waals surface area contributed by atoms with Crippen LogP contribution in [0.5, 0.6) is 0 Å². The summed E-state index contributed by atoms with van der Waals surface area (Å²) in [5.41, 5.74) is 2.02. The predicted molar refractivity (Wildman–Crippen MR) is 80.5 cm³/mol. The van der Waals surface area contributed by atoms with Crippen molar-refractivity contribution in [2.75, 3.05) is 6.54 Å². The highest BCUT2D eigenvalue weighted by Crippen LogP contribution is 2.26. The summed E-state index contributed by atoms with van der Waals surface area (Å²) in [4.78, 5) is 3.30. The van der Waals surface area contributed by atoms with E-state index in [0.29, 0.717) is 19.0 Å². The topological polar surface area (TPSA) is 48.0 Å². The lowest BCUT2D eigenvalue weighted by Crippen LogP contribution is -2.27. The highest BCUT2D eigenvalue weighted by molar-refractivity contribution is 6.36. The van der Waals surface area contributed by atoms with Gasteiger partial charge in [0.05, 0.1) is 11.1 Å².